The first kappa shape index (κ1) is 13.1. The van der Waals surface area contributed by atoms with Gasteiger partial charge < -0.3 is 5.73 Å². The summed E-state index contributed by atoms with van der Waals surface area (Å²) in [4.78, 5) is 10.3. The van der Waals surface area contributed by atoms with E-state index < -0.39 is 4.92 Å². The third-order valence-corrected chi connectivity index (χ3v) is 3.14. The van der Waals surface area contributed by atoms with E-state index in [9.17, 15) is 10.1 Å². The van der Waals surface area contributed by atoms with Crippen molar-refractivity contribution in [2.75, 3.05) is 5.73 Å². The van der Waals surface area contributed by atoms with Crippen LogP contribution in [-0.2, 0) is 6.42 Å². The van der Waals surface area contributed by atoms with Gasteiger partial charge in [-0.2, -0.15) is 5.10 Å². The van der Waals surface area contributed by atoms with E-state index >= 15 is 0 Å². The van der Waals surface area contributed by atoms with Gasteiger partial charge in [0.1, 0.15) is 6.20 Å². The molecule has 1 atom stereocenters. The van der Waals surface area contributed by atoms with Gasteiger partial charge in [-0.05, 0) is 18.4 Å². The molecule has 2 aromatic rings. The maximum atomic E-state index is 10.8. The summed E-state index contributed by atoms with van der Waals surface area (Å²) in [5, 5.41) is 14.8. The number of anilines is 1. The van der Waals surface area contributed by atoms with E-state index in [1.165, 1.54) is 6.20 Å². The topological polar surface area (TPSA) is 87.0 Å². The third-order valence-electron chi connectivity index (χ3n) is 3.14. The lowest BCUT2D eigenvalue weighted by molar-refractivity contribution is -0.384. The smallest absolute Gasteiger partial charge is 0.330 e. The molecule has 1 aromatic carbocycles. The molecule has 0 aliphatic carbocycles. The molecule has 0 saturated carbocycles. The van der Waals surface area contributed by atoms with E-state index in [2.05, 4.69) is 5.10 Å². The number of aromatic nitrogens is 2. The van der Waals surface area contributed by atoms with Gasteiger partial charge in [0.25, 0.3) is 0 Å². The highest BCUT2D eigenvalue weighted by molar-refractivity contribution is 5.51. The predicted molar refractivity (Wildman–Crippen MR) is 72.8 cm³/mol. The maximum Gasteiger partial charge on any atom is 0.330 e. The fraction of sp³-hybridized carbons (Fsp3) is 0.308. The van der Waals surface area contributed by atoms with Crippen molar-refractivity contribution < 1.29 is 4.92 Å². The Labute approximate surface area is 111 Å². The van der Waals surface area contributed by atoms with Crippen LogP contribution in [-0.4, -0.2) is 14.7 Å². The zero-order valence-electron chi connectivity index (χ0n) is 10.7. The first-order valence-electron chi connectivity index (χ1n) is 6.14. The van der Waals surface area contributed by atoms with Crippen molar-refractivity contribution in [2.24, 2.45) is 0 Å². The van der Waals surface area contributed by atoms with Gasteiger partial charge in [-0.25, -0.2) is 4.68 Å². The number of nitrogens with two attached hydrogens (primary N) is 1. The van der Waals surface area contributed by atoms with Gasteiger partial charge in [0.05, 0.1) is 11.0 Å². The third kappa shape index (κ3) is 2.73. The fourth-order valence-electron chi connectivity index (χ4n) is 2.08. The van der Waals surface area contributed by atoms with Crippen molar-refractivity contribution >= 4 is 11.5 Å². The van der Waals surface area contributed by atoms with Crippen molar-refractivity contribution in [3.8, 4) is 0 Å². The van der Waals surface area contributed by atoms with Gasteiger partial charge in [0, 0.05) is 0 Å². The lowest BCUT2D eigenvalue weighted by Gasteiger charge is -2.16. The second kappa shape index (κ2) is 5.51. The average Bonchev–Trinajstić information content (AvgIpc) is 2.79. The Hall–Kier alpha value is -2.37. The maximum absolute atomic E-state index is 10.8. The Morgan fingerprint density at radius 3 is 2.63 bits per heavy atom. The summed E-state index contributed by atoms with van der Waals surface area (Å²) >= 11 is 0. The second-order valence-corrected chi connectivity index (χ2v) is 4.37. The van der Waals surface area contributed by atoms with Crippen LogP contribution in [0.5, 0.6) is 0 Å². The summed E-state index contributed by atoms with van der Waals surface area (Å²) < 4.78 is 1.55. The highest BCUT2D eigenvalue weighted by Gasteiger charge is 2.22. The Morgan fingerprint density at radius 2 is 2.11 bits per heavy atom. The van der Waals surface area contributed by atoms with Crippen LogP contribution < -0.4 is 5.73 Å². The number of hydrogen-bond donors (Lipinski definition) is 1. The van der Waals surface area contributed by atoms with Gasteiger partial charge in [0.2, 0.25) is 5.82 Å². The SMILES string of the molecule is CCC(Cc1ccccc1)n1ncc([N+](=O)[O-])c1N. The summed E-state index contributed by atoms with van der Waals surface area (Å²) in [7, 11) is 0. The molecule has 0 bridgehead atoms. The molecule has 0 saturated heterocycles. The van der Waals surface area contributed by atoms with Gasteiger partial charge in [-0.1, -0.05) is 37.3 Å². The molecule has 1 aromatic heterocycles. The predicted octanol–water partition coefficient (Wildman–Crippen LogP) is 2.57. The Bertz CT molecular complexity index is 565. The van der Waals surface area contributed by atoms with Crippen LogP contribution in [0.1, 0.15) is 24.9 Å². The fourth-order valence-corrected chi connectivity index (χ4v) is 2.08. The van der Waals surface area contributed by atoms with E-state index in [0.29, 0.717) is 0 Å². The minimum atomic E-state index is -0.506. The Morgan fingerprint density at radius 1 is 1.42 bits per heavy atom. The van der Waals surface area contributed by atoms with Crippen LogP contribution in [0.3, 0.4) is 0 Å². The molecule has 2 rings (SSSR count). The van der Waals surface area contributed by atoms with Crippen molar-refractivity contribution in [1.29, 1.82) is 0 Å². The summed E-state index contributed by atoms with van der Waals surface area (Å²) in [6.45, 7) is 2.01. The highest BCUT2D eigenvalue weighted by atomic mass is 16.6. The van der Waals surface area contributed by atoms with Crippen LogP contribution in [0.4, 0.5) is 11.5 Å². The quantitative estimate of drug-likeness (QED) is 0.661. The number of benzene rings is 1. The molecule has 0 aliphatic heterocycles. The van der Waals surface area contributed by atoms with Gasteiger partial charge in [-0.3, -0.25) is 10.1 Å². The zero-order chi connectivity index (χ0) is 13.8. The molecule has 0 spiro atoms. The summed E-state index contributed by atoms with van der Waals surface area (Å²) in [6.07, 6.45) is 2.77. The lowest BCUT2D eigenvalue weighted by atomic mass is 10.0. The van der Waals surface area contributed by atoms with E-state index in [4.69, 9.17) is 5.73 Å². The number of nitro groups is 1. The number of nitrogen functional groups attached to an aromatic ring is 1. The van der Waals surface area contributed by atoms with E-state index in [0.717, 1.165) is 18.4 Å². The average molecular weight is 260 g/mol. The molecule has 6 nitrogen and oxygen atoms in total. The van der Waals surface area contributed by atoms with Crippen molar-refractivity contribution in [3.63, 3.8) is 0 Å². The molecule has 1 heterocycles. The van der Waals surface area contributed by atoms with Crippen LogP contribution in [0.2, 0.25) is 0 Å². The molecule has 0 fully saturated rings. The molecule has 6 heteroatoms. The van der Waals surface area contributed by atoms with E-state index in [1.807, 2.05) is 37.3 Å². The molecule has 0 aliphatic rings. The molecule has 0 radical (unpaired) electrons. The normalized spacial score (nSPS) is 12.3. The summed E-state index contributed by atoms with van der Waals surface area (Å²) in [6, 6.07) is 9.97. The number of rotatable bonds is 5. The first-order valence-corrected chi connectivity index (χ1v) is 6.14. The molecule has 0 amide bonds. The van der Waals surface area contributed by atoms with Gasteiger partial charge >= 0.3 is 5.69 Å². The van der Waals surface area contributed by atoms with Crippen molar-refractivity contribution in [1.82, 2.24) is 9.78 Å². The molecular weight excluding hydrogens is 244 g/mol. The largest absolute Gasteiger partial charge is 0.378 e. The minimum absolute atomic E-state index is 0.0242. The van der Waals surface area contributed by atoms with Gasteiger partial charge in [-0.15, -0.1) is 0 Å². The first-order chi connectivity index (χ1) is 9.13. The summed E-state index contributed by atoms with van der Waals surface area (Å²) in [5.74, 6) is 0.118. The van der Waals surface area contributed by atoms with Crippen molar-refractivity contribution in [2.45, 2.75) is 25.8 Å². The minimum Gasteiger partial charge on any atom is -0.378 e. The summed E-state index contributed by atoms with van der Waals surface area (Å²) in [5.41, 5.74) is 6.82. The van der Waals surface area contributed by atoms with Gasteiger partial charge in [0.15, 0.2) is 0 Å². The lowest BCUT2D eigenvalue weighted by Crippen LogP contribution is -2.15. The van der Waals surface area contributed by atoms with Crippen LogP contribution in [0, 0.1) is 10.1 Å². The Balaban J connectivity index is 2.25. The monoisotopic (exact) mass is 260 g/mol. The molecule has 2 N–H and O–H groups in total. The Kier molecular flexibility index (Phi) is 3.79. The van der Waals surface area contributed by atoms with E-state index in [-0.39, 0.29) is 17.5 Å². The molecule has 100 valence electrons. The zero-order valence-corrected chi connectivity index (χ0v) is 10.7. The highest BCUT2D eigenvalue weighted by Crippen LogP contribution is 2.26. The van der Waals surface area contributed by atoms with Crippen LogP contribution >= 0.6 is 0 Å². The van der Waals surface area contributed by atoms with E-state index in [1.54, 1.807) is 4.68 Å². The van der Waals surface area contributed by atoms with Crippen molar-refractivity contribution in [3.05, 3.63) is 52.2 Å². The second-order valence-electron chi connectivity index (χ2n) is 4.37. The molecule has 19 heavy (non-hydrogen) atoms. The van der Waals surface area contributed by atoms with Crippen LogP contribution in [0.25, 0.3) is 0 Å². The number of hydrogen-bond acceptors (Lipinski definition) is 4. The number of nitrogens with zero attached hydrogens (tertiary/aromatic N) is 3. The van der Waals surface area contributed by atoms with Crippen LogP contribution in [0.15, 0.2) is 36.5 Å². The molecule has 1 unspecified atom stereocenters. The standard InChI is InChI=1S/C13H16N4O2/c1-2-11(8-10-6-4-3-5-7-10)16-13(14)12(9-15-16)17(18)19/h3-7,9,11H,2,8,14H2,1H3. The molecular formula is C13H16N4O2.